The first-order chi connectivity index (χ1) is 12.1. The van der Waals surface area contributed by atoms with Crippen LogP contribution in [-0.4, -0.2) is 31.3 Å². The van der Waals surface area contributed by atoms with E-state index in [9.17, 15) is 4.79 Å². The van der Waals surface area contributed by atoms with E-state index in [-0.39, 0.29) is 5.91 Å². The molecular formula is C18H17BrN2O3S. The largest absolute Gasteiger partial charge is 0.495 e. The zero-order valence-electron chi connectivity index (χ0n) is 13.9. The van der Waals surface area contributed by atoms with Gasteiger partial charge < -0.3 is 14.0 Å². The molecule has 7 heteroatoms. The van der Waals surface area contributed by atoms with Gasteiger partial charge in [0.2, 0.25) is 0 Å². The van der Waals surface area contributed by atoms with E-state index in [1.807, 2.05) is 34.9 Å². The minimum absolute atomic E-state index is 0.280. The molecule has 0 saturated carbocycles. The number of nitrogens with zero attached hydrogens (tertiary/aromatic N) is 2. The summed E-state index contributed by atoms with van der Waals surface area (Å²) in [5.74, 6) is 0.471. The summed E-state index contributed by atoms with van der Waals surface area (Å²) in [6.07, 6.45) is 0. The number of amides is 1. The number of para-hydroxylation sites is 1. The molecule has 0 N–H and O–H groups in total. The number of carbonyl (C=O) groups is 1. The molecule has 0 fully saturated rings. The Morgan fingerprint density at radius 1 is 1.24 bits per heavy atom. The van der Waals surface area contributed by atoms with Crippen LogP contribution in [0.15, 0.2) is 51.9 Å². The van der Waals surface area contributed by atoms with E-state index < -0.39 is 0 Å². The number of carbonyl (C=O) groups excluding carboxylic acids is 1. The quantitative estimate of drug-likeness (QED) is 0.629. The molecule has 1 amide bonds. The van der Waals surface area contributed by atoms with Crippen molar-refractivity contribution >= 4 is 43.4 Å². The first-order valence-electron chi connectivity index (χ1n) is 7.64. The van der Waals surface area contributed by atoms with Crippen molar-refractivity contribution in [3.05, 3.63) is 57.3 Å². The van der Waals surface area contributed by atoms with Crippen LogP contribution in [0.5, 0.6) is 5.75 Å². The van der Waals surface area contributed by atoms with Crippen molar-refractivity contribution in [3.8, 4) is 5.75 Å². The van der Waals surface area contributed by atoms with Crippen LogP contribution < -0.4 is 9.54 Å². The van der Waals surface area contributed by atoms with Gasteiger partial charge in [-0.25, -0.2) is 0 Å². The molecule has 0 aliphatic carbocycles. The van der Waals surface area contributed by atoms with Crippen molar-refractivity contribution in [2.24, 2.45) is 4.99 Å². The molecule has 130 valence electrons. The van der Waals surface area contributed by atoms with Gasteiger partial charge in [-0.15, -0.1) is 0 Å². The molecule has 0 aliphatic rings. The third-order valence-corrected chi connectivity index (χ3v) is 5.21. The molecule has 25 heavy (non-hydrogen) atoms. The zero-order chi connectivity index (χ0) is 17.8. The Bertz CT molecular complexity index is 978. The highest BCUT2D eigenvalue weighted by Gasteiger charge is 2.13. The fourth-order valence-electron chi connectivity index (χ4n) is 2.51. The van der Waals surface area contributed by atoms with Gasteiger partial charge in [0.25, 0.3) is 5.91 Å². The number of thiazole rings is 1. The molecule has 2 aromatic carbocycles. The monoisotopic (exact) mass is 420 g/mol. The maximum absolute atomic E-state index is 12.6. The average molecular weight is 421 g/mol. The van der Waals surface area contributed by atoms with Crippen molar-refractivity contribution in [1.29, 1.82) is 0 Å². The number of hydrogen-bond acceptors (Lipinski definition) is 4. The second kappa shape index (κ2) is 7.95. The first kappa shape index (κ1) is 17.8. The Kier molecular flexibility index (Phi) is 5.67. The number of halogens is 1. The Labute approximate surface area is 157 Å². The van der Waals surface area contributed by atoms with Crippen LogP contribution in [-0.2, 0) is 11.3 Å². The lowest BCUT2D eigenvalue weighted by Gasteiger charge is -2.07. The van der Waals surface area contributed by atoms with E-state index in [1.165, 1.54) is 11.3 Å². The highest BCUT2D eigenvalue weighted by molar-refractivity contribution is 9.10. The van der Waals surface area contributed by atoms with Gasteiger partial charge in [0.1, 0.15) is 11.3 Å². The van der Waals surface area contributed by atoms with Crippen LogP contribution in [0.4, 0.5) is 0 Å². The molecule has 0 saturated heterocycles. The minimum atomic E-state index is -0.280. The van der Waals surface area contributed by atoms with E-state index in [4.69, 9.17) is 9.47 Å². The van der Waals surface area contributed by atoms with Crippen molar-refractivity contribution in [3.63, 3.8) is 0 Å². The summed E-state index contributed by atoms with van der Waals surface area (Å²) < 4.78 is 14.5. The molecule has 0 unspecified atom stereocenters. The predicted octanol–water partition coefficient (Wildman–Crippen LogP) is 3.86. The summed E-state index contributed by atoms with van der Waals surface area (Å²) >= 11 is 4.84. The lowest BCUT2D eigenvalue weighted by molar-refractivity contribution is 0.0997. The van der Waals surface area contributed by atoms with Crippen LogP contribution >= 0.6 is 27.3 Å². The molecule has 5 nitrogen and oxygen atoms in total. The smallest absolute Gasteiger partial charge is 0.279 e. The van der Waals surface area contributed by atoms with E-state index in [1.54, 1.807) is 26.4 Å². The molecular weight excluding hydrogens is 404 g/mol. The van der Waals surface area contributed by atoms with Gasteiger partial charge in [-0.05, 0) is 30.3 Å². The van der Waals surface area contributed by atoms with Crippen LogP contribution in [0.1, 0.15) is 10.4 Å². The predicted molar refractivity (Wildman–Crippen MR) is 102 cm³/mol. The third-order valence-electron chi connectivity index (χ3n) is 3.67. The Morgan fingerprint density at radius 2 is 2.04 bits per heavy atom. The number of ether oxygens (including phenoxy) is 2. The van der Waals surface area contributed by atoms with Gasteiger partial charge in [0.15, 0.2) is 4.80 Å². The van der Waals surface area contributed by atoms with Gasteiger partial charge in [-0.1, -0.05) is 39.4 Å². The Balaban J connectivity index is 2.15. The summed E-state index contributed by atoms with van der Waals surface area (Å²) in [5.41, 5.74) is 1.46. The van der Waals surface area contributed by atoms with Crippen LogP contribution in [0.2, 0.25) is 0 Å². The molecule has 1 aromatic heterocycles. The molecule has 3 aromatic rings. The Morgan fingerprint density at radius 3 is 2.76 bits per heavy atom. The number of methoxy groups -OCH3 is 2. The maximum atomic E-state index is 12.6. The SMILES string of the molecule is COCCn1c(=NC(=O)c2cccc(Br)c2)sc2cccc(OC)c21. The normalized spacial score (nSPS) is 11.9. The summed E-state index contributed by atoms with van der Waals surface area (Å²) in [6, 6.07) is 13.0. The second-order valence-corrected chi connectivity index (χ2v) is 7.19. The second-order valence-electron chi connectivity index (χ2n) is 5.26. The van der Waals surface area contributed by atoms with E-state index >= 15 is 0 Å². The highest BCUT2D eigenvalue weighted by Crippen LogP contribution is 2.27. The Hall–Kier alpha value is -1.96. The standard InChI is InChI=1S/C18H17BrN2O3S/c1-23-10-9-21-16-14(24-2)7-4-8-15(16)25-18(21)20-17(22)12-5-3-6-13(19)11-12/h3-8,11H,9-10H2,1-2H3. The van der Waals surface area contributed by atoms with Gasteiger partial charge in [-0.3, -0.25) is 4.79 Å². The zero-order valence-corrected chi connectivity index (χ0v) is 16.3. The summed E-state index contributed by atoms with van der Waals surface area (Å²) in [7, 11) is 3.28. The summed E-state index contributed by atoms with van der Waals surface area (Å²) in [6.45, 7) is 1.10. The lowest BCUT2D eigenvalue weighted by atomic mass is 10.2. The minimum Gasteiger partial charge on any atom is -0.495 e. The van der Waals surface area contributed by atoms with Crippen molar-refractivity contribution < 1.29 is 14.3 Å². The van der Waals surface area contributed by atoms with Gasteiger partial charge >= 0.3 is 0 Å². The summed E-state index contributed by atoms with van der Waals surface area (Å²) in [4.78, 5) is 17.5. The van der Waals surface area contributed by atoms with Crippen molar-refractivity contribution in [2.45, 2.75) is 6.54 Å². The molecule has 1 heterocycles. The number of aromatic nitrogens is 1. The van der Waals surface area contributed by atoms with Crippen LogP contribution in [0.3, 0.4) is 0 Å². The highest BCUT2D eigenvalue weighted by atomic mass is 79.9. The van der Waals surface area contributed by atoms with E-state index in [0.29, 0.717) is 23.5 Å². The van der Waals surface area contributed by atoms with Crippen LogP contribution in [0.25, 0.3) is 10.2 Å². The fraction of sp³-hybridized carbons (Fsp3) is 0.222. The summed E-state index contributed by atoms with van der Waals surface area (Å²) in [5, 5.41) is 0. The number of rotatable bonds is 5. The number of hydrogen-bond donors (Lipinski definition) is 0. The molecule has 0 aliphatic heterocycles. The number of benzene rings is 2. The molecule has 0 bridgehead atoms. The van der Waals surface area contributed by atoms with Crippen molar-refractivity contribution in [2.75, 3.05) is 20.8 Å². The molecule has 0 radical (unpaired) electrons. The van der Waals surface area contributed by atoms with Crippen LogP contribution in [0, 0.1) is 0 Å². The van der Waals surface area contributed by atoms with Gasteiger partial charge in [0.05, 0.1) is 18.4 Å². The average Bonchev–Trinajstić information content (AvgIpc) is 2.97. The van der Waals surface area contributed by atoms with E-state index in [0.717, 1.165) is 20.4 Å². The first-order valence-corrected chi connectivity index (χ1v) is 9.25. The van der Waals surface area contributed by atoms with Crippen molar-refractivity contribution in [1.82, 2.24) is 4.57 Å². The van der Waals surface area contributed by atoms with E-state index in [2.05, 4.69) is 20.9 Å². The molecule has 0 atom stereocenters. The number of fused-ring (bicyclic) bond motifs is 1. The molecule has 3 rings (SSSR count). The molecule has 0 spiro atoms. The lowest BCUT2D eigenvalue weighted by Crippen LogP contribution is -2.19. The third kappa shape index (κ3) is 3.84. The topological polar surface area (TPSA) is 52.8 Å². The maximum Gasteiger partial charge on any atom is 0.279 e. The van der Waals surface area contributed by atoms with Gasteiger partial charge in [0, 0.05) is 23.7 Å². The fourth-order valence-corrected chi connectivity index (χ4v) is 3.98. The van der Waals surface area contributed by atoms with Gasteiger partial charge in [-0.2, -0.15) is 4.99 Å².